The van der Waals surface area contributed by atoms with Crippen molar-refractivity contribution < 1.29 is 9.13 Å². The molecule has 3 aromatic rings. The molecule has 0 unspecified atom stereocenters. The van der Waals surface area contributed by atoms with Crippen molar-refractivity contribution in [3.63, 3.8) is 0 Å². The van der Waals surface area contributed by atoms with Gasteiger partial charge in [0.05, 0.1) is 29.3 Å². The minimum absolute atomic E-state index is 0.220. The van der Waals surface area contributed by atoms with E-state index in [4.69, 9.17) is 15.5 Å². The Morgan fingerprint density at radius 1 is 1.28 bits per heavy atom. The Hall–Kier alpha value is -3.38. The number of thiazole rings is 1. The summed E-state index contributed by atoms with van der Waals surface area (Å²) in [6.07, 6.45) is 3.50. The number of nitrogen functional groups attached to an aromatic ring is 1. The molecule has 9 nitrogen and oxygen atoms in total. The lowest BCUT2D eigenvalue weighted by Crippen LogP contribution is -2.42. The number of nitrogens with zero attached hydrogens (tertiary/aromatic N) is 6. The molecule has 0 radical (unpaired) electrons. The van der Waals surface area contributed by atoms with Crippen molar-refractivity contribution in [1.82, 2.24) is 25.2 Å². The number of hydrogen-bond donors (Lipinski definition) is 2. The topological polar surface area (TPSA) is 95.1 Å². The molecule has 0 amide bonds. The first-order chi connectivity index (χ1) is 17.4. The van der Waals surface area contributed by atoms with Crippen LogP contribution in [-0.2, 0) is 6.54 Å². The number of hydrazine groups is 1. The molecule has 4 heterocycles. The van der Waals surface area contributed by atoms with E-state index in [-0.39, 0.29) is 11.6 Å². The van der Waals surface area contributed by atoms with Gasteiger partial charge in [0.15, 0.2) is 11.6 Å². The number of benzene rings is 1. The van der Waals surface area contributed by atoms with Gasteiger partial charge in [-0.25, -0.2) is 14.4 Å². The second-order valence-corrected chi connectivity index (χ2v) is 9.85. The first-order valence-electron chi connectivity index (χ1n) is 11.7. The molecule has 1 saturated heterocycles. The maximum atomic E-state index is 14.2. The van der Waals surface area contributed by atoms with Gasteiger partial charge >= 0.3 is 0 Å². The highest BCUT2D eigenvalue weighted by molar-refractivity contribution is 7.15. The highest BCUT2D eigenvalue weighted by atomic mass is 32.1. The molecule has 0 bridgehead atoms. The third-order valence-corrected chi connectivity index (χ3v) is 7.31. The van der Waals surface area contributed by atoms with Crippen LogP contribution in [0.25, 0.3) is 16.2 Å². The second kappa shape index (κ2) is 10.3. The van der Waals surface area contributed by atoms with Crippen molar-refractivity contribution in [3.8, 4) is 16.2 Å². The predicted molar refractivity (Wildman–Crippen MR) is 142 cm³/mol. The largest absolute Gasteiger partial charge is 0.453 e. The molecular weight excluding hydrogens is 479 g/mol. The van der Waals surface area contributed by atoms with Crippen LogP contribution in [0.4, 0.5) is 15.9 Å². The van der Waals surface area contributed by atoms with E-state index in [1.165, 1.54) is 12.1 Å². The lowest BCUT2D eigenvalue weighted by molar-refractivity contribution is 0.233. The fraction of sp³-hybridized carbons (Fsp3) is 0.320. The van der Waals surface area contributed by atoms with Gasteiger partial charge in [0, 0.05) is 56.8 Å². The SMILES string of the molecule is C=C(Oc1cc(-c2sc(CN3CCNCC3)nc2C)cnc1N)c1cc(F)ccc1N1N=CCN1C. The van der Waals surface area contributed by atoms with E-state index in [2.05, 4.69) is 26.9 Å². The fourth-order valence-corrected chi connectivity index (χ4v) is 5.33. The number of hydrazone groups is 1. The molecule has 1 fully saturated rings. The van der Waals surface area contributed by atoms with Crippen LogP contribution in [0.1, 0.15) is 16.3 Å². The first-order valence-corrected chi connectivity index (χ1v) is 12.6. The average molecular weight is 509 g/mol. The summed E-state index contributed by atoms with van der Waals surface area (Å²) in [6.45, 7) is 11.5. The third-order valence-electron chi connectivity index (χ3n) is 6.12. The summed E-state index contributed by atoms with van der Waals surface area (Å²) in [5.74, 6) is 0.410. The van der Waals surface area contributed by atoms with Crippen LogP contribution in [-0.4, -0.2) is 65.9 Å². The number of halogens is 1. The molecule has 11 heteroatoms. The average Bonchev–Trinajstić information content (AvgIpc) is 3.46. The molecule has 0 aliphatic carbocycles. The number of nitrogens with one attached hydrogen (secondary N) is 1. The molecule has 2 aromatic heterocycles. The quantitative estimate of drug-likeness (QED) is 0.470. The van der Waals surface area contributed by atoms with Gasteiger partial charge in [-0.2, -0.15) is 15.2 Å². The first kappa shape index (κ1) is 24.3. The van der Waals surface area contributed by atoms with E-state index in [0.29, 0.717) is 23.5 Å². The smallest absolute Gasteiger partial charge is 0.170 e. The molecule has 3 N–H and O–H groups in total. The van der Waals surface area contributed by atoms with Crippen molar-refractivity contribution >= 4 is 34.8 Å². The van der Waals surface area contributed by atoms with Gasteiger partial charge in [-0.3, -0.25) is 4.90 Å². The molecule has 0 atom stereocenters. The van der Waals surface area contributed by atoms with Gasteiger partial charge in [-0.1, -0.05) is 6.58 Å². The number of nitrogens with two attached hydrogens (primary N) is 1. The lowest BCUT2D eigenvalue weighted by Gasteiger charge is -2.26. The zero-order valence-electron chi connectivity index (χ0n) is 20.4. The summed E-state index contributed by atoms with van der Waals surface area (Å²) in [5.41, 5.74) is 9.07. The van der Waals surface area contributed by atoms with E-state index < -0.39 is 5.82 Å². The fourth-order valence-electron chi connectivity index (χ4n) is 4.25. The second-order valence-electron chi connectivity index (χ2n) is 8.77. The standard InChI is InChI=1S/C25H29FN8OS/c1-16-24(36-23(31-16)15-33-10-6-28-7-11-33)18-12-22(25(27)29-14-18)35-17(2)20-13-19(26)4-5-21(20)34-30-8-9-32(34)3/h4-5,8,12-14,28H,2,6-7,9-11,15H2,1,3H3,(H2,27,29). The van der Waals surface area contributed by atoms with Gasteiger partial charge in [-0.15, -0.1) is 11.3 Å². The number of aryl methyl sites for hydroxylation is 1. The van der Waals surface area contributed by atoms with Crippen molar-refractivity contribution in [2.24, 2.45) is 5.10 Å². The molecule has 5 rings (SSSR count). The predicted octanol–water partition coefficient (Wildman–Crippen LogP) is 3.34. The van der Waals surface area contributed by atoms with Crippen LogP contribution in [0.2, 0.25) is 0 Å². The minimum atomic E-state index is -0.401. The van der Waals surface area contributed by atoms with Crippen LogP contribution >= 0.6 is 11.3 Å². The summed E-state index contributed by atoms with van der Waals surface area (Å²) < 4.78 is 20.3. The summed E-state index contributed by atoms with van der Waals surface area (Å²) in [4.78, 5) is 12.6. The highest BCUT2D eigenvalue weighted by Gasteiger charge is 2.22. The lowest BCUT2D eigenvalue weighted by atomic mass is 10.1. The van der Waals surface area contributed by atoms with E-state index in [1.54, 1.807) is 34.9 Å². The Morgan fingerprint density at radius 3 is 2.83 bits per heavy atom. The number of piperazine rings is 1. The molecular formula is C25H29FN8OS. The summed E-state index contributed by atoms with van der Waals surface area (Å²) in [5, 5.41) is 12.4. The summed E-state index contributed by atoms with van der Waals surface area (Å²) in [6, 6.07) is 6.25. The molecule has 2 aliphatic rings. The monoisotopic (exact) mass is 508 g/mol. The van der Waals surface area contributed by atoms with Gasteiger partial charge < -0.3 is 15.8 Å². The summed E-state index contributed by atoms with van der Waals surface area (Å²) >= 11 is 1.65. The van der Waals surface area contributed by atoms with E-state index in [0.717, 1.165) is 53.9 Å². The van der Waals surface area contributed by atoms with Gasteiger partial charge in [0.2, 0.25) is 0 Å². The molecule has 1 aromatic carbocycles. The Kier molecular flexibility index (Phi) is 6.97. The molecule has 36 heavy (non-hydrogen) atoms. The van der Waals surface area contributed by atoms with Crippen LogP contribution in [0.15, 0.2) is 42.1 Å². The van der Waals surface area contributed by atoms with Crippen LogP contribution < -0.4 is 20.9 Å². The maximum absolute atomic E-state index is 14.2. The Bertz CT molecular complexity index is 1300. The number of rotatable bonds is 7. The van der Waals surface area contributed by atoms with Crippen molar-refractivity contribution in [1.29, 1.82) is 0 Å². The highest BCUT2D eigenvalue weighted by Crippen LogP contribution is 2.36. The van der Waals surface area contributed by atoms with E-state index >= 15 is 0 Å². The van der Waals surface area contributed by atoms with Gasteiger partial charge in [-0.05, 0) is 31.2 Å². The van der Waals surface area contributed by atoms with Crippen LogP contribution in [0, 0.1) is 12.7 Å². The Labute approximate surface area is 213 Å². The maximum Gasteiger partial charge on any atom is 0.170 e. The van der Waals surface area contributed by atoms with E-state index in [1.807, 2.05) is 25.0 Å². The number of ether oxygens (including phenoxy) is 1. The zero-order valence-corrected chi connectivity index (χ0v) is 21.2. The normalized spacial score (nSPS) is 16.6. The minimum Gasteiger partial charge on any atom is -0.453 e. The third kappa shape index (κ3) is 5.09. The van der Waals surface area contributed by atoms with Crippen LogP contribution in [0.5, 0.6) is 5.75 Å². The van der Waals surface area contributed by atoms with Gasteiger partial charge in [0.1, 0.15) is 16.6 Å². The Morgan fingerprint density at radius 2 is 2.08 bits per heavy atom. The molecule has 188 valence electrons. The summed E-state index contributed by atoms with van der Waals surface area (Å²) in [7, 11) is 1.89. The van der Waals surface area contributed by atoms with Crippen molar-refractivity contribution in [3.05, 3.63) is 59.1 Å². The number of anilines is 2. The molecule has 2 aliphatic heterocycles. The molecule has 0 saturated carbocycles. The van der Waals surface area contributed by atoms with Crippen LogP contribution in [0.3, 0.4) is 0 Å². The number of aromatic nitrogens is 2. The van der Waals surface area contributed by atoms with E-state index in [9.17, 15) is 4.39 Å². The van der Waals surface area contributed by atoms with Gasteiger partial charge in [0.25, 0.3) is 0 Å². The number of pyridine rings is 1. The van der Waals surface area contributed by atoms with Crippen molar-refractivity contribution in [2.75, 3.05) is 50.6 Å². The number of hydrogen-bond acceptors (Lipinski definition) is 10. The Balaban J connectivity index is 1.39. The molecule has 0 spiro atoms. The zero-order chi connectivity index (χ0) is 25.2. The van der Waals surface area contributed by atoms with Crippen molar-refractivity contribution in [2.45, 2.75) is 13.5 Å².